The molecule has 0 saturated heterocycles. The van der Waals surface area contributed by atoms with Gasteiger partial charge in [-0.05, 0) is 18.8 Å². The van der Waals surface area contributed by atoms with Crippen LogP contribution in [-0.2, 0) is 4.79 Å². The Kier molecular flexibility index (Phi) is 3.71. The van der Waals surface area contributed by atoms with Crippen LogP contribution in [0.25, 0.3) is 0 Å². The molecule has 2 nitrogen and oxygen atoms in total. The molecule has 0 atom stereocenters. The van der Waals surface area contributed by atoms with E-state index in [-0.39, 0.29) is 11.3 Å². The van der Waals surface area contributed by atoms with Crippen LogP contribution in [0.5, 0.6) is 0 Å². The molecule has 0 aromatic carbocycles. The van der Waals surface area contributed by atoms with Gasteiger partial charge in [0.2, 0.25) is 5.91 Å². The Morgan fingerprint density at radius 3 is 2.08 bits per heavy atom. The molecule has 0 bridgehead atoms. The van der Waals surface area contributed by atoms with E-state index in [1.807, 2.05) is 26.8 Å². The molecule has 0 aliphatic rings. The van der Waals surface area contributed by atoms with Crippen molar-refractivity contribution in [2.45, 2.75) is 41.0 Å². The zero-order chi connectivity index (χ0) is 10.7. The summed E-state index contributed by atoms with van der Waals surface area (Å²) in [6.07, 6.45) is 4.90. The van der Waals surface area contributed by atoms with Gasteiger partial charge < -0.3 is 5.73 Å². The lowest BCUT2D eigenvalue weighted by Gasteiger charge is -2.30. The van der Waals surface area contributed by atoms with Gasteiger partial charge in [-0.1, -0.05) is 39.8 Å². The minimum atomic E-state index is -0.428. The van der Waals surface area contributed by atoms with Gasteiger partial charge in [0, 0.05) is 5.41 Å². The van der Waals surface area contributed by atoms with E-state index in [2.05, 4.69) is 19.9 Å². The second-order valence-electron chi connectivity index (χ2n) is 4.91. The van der Waals surface area contributed by atoms with Gasteiger partial charge in [-0.15, -0.1) is 0 Å². The highest BCUT2D eigenvalue weighted by Gasteiger charge is 2.31. The number of rotatable bonds is 4. The summed E-state index contributed by atoms with van der Waals surface area (Å²) in [5.74, 6) is -0.231. The molecule has 13 heavy (non-hydrogen) atoms. The maximum Gasteiger partial charge on any atom is 0.223 e. The average Bonchev–Trinajstić information content (AvgIpc) is 1.83. The van der Waals surface area contributed by atoms with Gasteiger partial charge in [0.1, 0.15) is 0 Å². The third-order valence-corrected chi connectivity index (χ3v) is 2.18. The third-order valence-electron chi connectivity index (χ3n) is 2.18. The van der Waals surface area contributed by atoms with E-state index >= 15 is 0 Å². The summed E-state index contributed by atoms with van der Waals surface area (Å²) in [6, 6.07) is 0. The van der Waals surface area contributed by atoms with Crippen molar-refractivity contribution in [3.8, 4) is 0 Å². The van der Waals surface area contributed by atoms with Gasteiger partial charge in [-0.25, -0.2) is 0 Å². The number of amides is 1. The van der Waals surface area contributed by atoms with Gasteiger partial charge in [0.15, 0.2) is 0 Å². The molecule has 0 heterocycles. The fourth-order valence-electron chi connectivity index (χ4n) is 1.74. The van der Waals surface area contributed by atoms with E-state index in [0.717, 1.165) is 6.42 Å². The van der Waals surface area contributed by atoms with Crippen LogP contribution in [0.4, 0.5) is 0 Å². The molecule has 0 unspecified atom stereocenters. The number of hydrogen-bond acceptors (Lipinski definition) is 1. The van der Waals surface area contributed by atoms with Crippen LogP contribution < -0.4 is 5.73 Å². The molecule has 2 heteroatoms. The first kappa shape index (κ1) is 12.2. The summed E-state index contributed by atoms with van der Waals surface area (Å²) in [4.78, 5) is 11.1. The number of allylic oxidation sites excluding steroid dienone is 2. The van der Waals surface area contributed by atoms with Crippen molar-refractivity contribution >= 4 is 5.91 Å². The predicted molar refractivity (Wildman–Crippen MR) is 56.2 cm³/mol. The first-order valence-electron chi connectivity index (χ1n) is 4.65. The normalized spacial score (nSPS) is 13.6. The number of carbonyl (C=O) groups excluding carboxylic acids is 1. The van der Waals surface area contributed by atoms with Gasteiger partial charge in [0.05, 0.1) is 0 Å². The molecule has 0 aliphatic heterocycles. The van der Waals surface area contributed by atoms with E-state index < -0.39 is 5.41 Å². The number of nitrogens with two attached hydrogens (primary N) is 1. The lowest BCUT2D eigenvalue weighted by molar-refractivity contribution is -0.127. The Morgan fingerprint density at radius 1 is 1.31 bits per heavy atom. The molecular formula is C11H21NO. The van der Waals surface area contributed by atoms with Crippen LogP contribution in [0.15, 0.2) is 12.2 Å². The fraction of sp³-hybridized carbons (Fsp3) is 0.727. The Balaban J connectivity index is 4.51. The van der Waals surface area contributed by atoms with Crippen molar-refractivity contribution < 1.29 is 4.79 Å². The van der Waals surface area contributed by atoms with Gasteiger partial charge in [-0.3, -0.25) is 4.79 Å². The highest BCUT2D eigenvalue weighted by molar-refractivity contribution is 5.79. The monoisotopic (exact) mass is 183 g/mol. The molecule has 0 aromatic rings. The fourth-order valence-corrected chi connectivity index (χ4v) is 1.74. The van der Waals surface area contributed by atoms with Gasteiger partial charge >= 0.3 is 0 Å². The Labute approximate surface area is 81.2 Å². The molecule has 1 amide bonds. The number of primary amides is 1. The van der Waals surface area contributed by atoms with Crippen LogP contribution in [0, 0.1) is 10.8 Å². The van der Waals surface area contributed by atoms with Crippen molar-refractivity contribution in [3.63, 3.8) is 0 Å². The molecule has 0 rings (SSSR count). The van der Waals surface area contributed by atoms with Gasteiger partial charge in [0.25, 0.3) is 0 Å². The zero-order valence-electron chi connectivity index (χ0n) is 9.35. The quantitative estimate of drug-likeness (QED) is 0.668. The molecule has 0 saturated carbocycles. The standard InChI is InChI=1S/C11H21NO/c1-6-7-10(2,3)8-11(4,5)9(12)13/h6-7H,8H2,1-5H3,(H2,12,13)/b7-6+. The summed E-state index contributed by atoms with van der Waals surface area (Å²) < 4.78 is 0. The van der Waals surface area contributed by atoms with Crippen LogP contribution in [0.2, 0.25) is 0 Å². The minimum absolute atomic E-state index is 0.0350. The summed E-state index contributed by atoms with van der Waals surface area (Å²) in [7, 11) is 0. The highest BCUT2D eigenvalue weighted by atomic mass is 16.1. The average molecular weight is 183 g/mol. The molecule has 0 spiro atoms. The summed E-state index contributed by atoms with van der Waals surface area (Å²) in [5, 5.41) is 0. The van der Waals surface area contributed by atoms with E-state index in [1.165, 1.54) is 0 Å². The van der Waals surface area contributed by atoms with Crippen LogP contribution in [0.1, 0.15) is 41.0 Å². The van der Waals surface area contributed by atoms with Crippen molar-refractivity contribution in [2.24, 2.45) is 16.6 Å². The maximum absolute atomic E-state index is 11.1. The van der Waals surface area contributed by atoms with E-state index in [9.17, 15) is 4.79 Å². The first-order chi connectivity index (χ1) is 5.71. The lowest BCUT2D eigenvalue weighted by atomic mass is 9.74. The van der Waals surface area contributed by atoms with Crippen molar-refractivity contribution in [2.75, 3.05) is 0 Å². The smallest absolute Gasteiger partial charge is 0.223 e. The van der Waals surface area contributed by atoms with Gasteiger partial charge in [-0.2, -0.15) is 0 Å². The Morgan fingerprint density at radius 2 is 1.77 bits per heavy atom. The second-order valence-corrected chi connectivity index (χ2v) is 4.91. The Bertz CT molecular complexity index is 214. The molecule has 0 aliphatic carbocycles. The van der Waals surface area contributed by atoms with E-state index in [1.54, 1.807) is 0 Å². The Hall–Kier alpha value is -0.790. The summed E-state index contributed by atoms with van der Waals surface area (Å²) in [6.45, 7) is 9.98. The number of hydrogen-bond donors (Lipinski definition) is 1. The van der Waals surface area contributed by atoms with Crippen molar-refractivity contribution in [1.82, 2.24) is 0 Å². The van der Waals surface area contributed by atoms with Crippen LogP contribution >= 0.6 is 0 Å². The predicted octanol–water partition coefficient (Wildman–Crippen LogP) is 2.49. The second kappa shape index (κ2) is 3.95. The first-order valence-corrected chi connectivity index (χ1v) is 4.65. The maximum atomic E-state index is 11.1. The molecular weight excluding hydrogens is 162 g/mol. The molecule has 2 N–H and O–H groups in total. The van der Waals surface area contributed by atoms with Crippen molar-refractivity contribution in [3.05, 3.63) is 12.2 Å². The topological polar surface area (TPSA) is 43.1 Å². The summed E-state index contributed by atoms with van der Waals surface area (Å²) >= 11 is 0. The molecule has 0 radical (unpaired) electrons. The largest absolute Gasteiger partial charge is 0.369 e. The number of carbonyl (C=O) groups is 1. The lowest BCUT2D eigenvalue weighted by Crippen LogP contribution is -2.35. The molecule has 76 valence electrons. The highest BCUT2D eigenvalue weighted by Crippen LogP contribution is 2.34. The molecule has 0 fully saturated rings. The van der Waals surface area contributed by atoms with Crippen molar-refractivity contribution in [1.29, 1.82) is 0 Å². The van der Waals surface area contributed by atoms with E-state index in [0.29, 0.717) is 0 Å². The van der Waals surface area contributed by atoms with E-state index in [4.69, 9.17) is 5.73 Å². The third kappa shape index (κ3) is 4.11. The zero-order valence-corrected chi connectivity index (χ0v) is 9.35. The minimum Gasteiger partial charge on any atom is -0.369 e. The SMILES string of the molecule is C/C=C/C(C)(C)CC(C)(C)C(N)=O. The summed E-state index contributed by atoms with van der Waals surface area (Å²) in [5.41, 5.74) is 4.92. The van der Waals surface area contributed by atoms with Crippen LogP contribution in [-0.4, -0.2) is 5.91 Å². The van der Waals surface area contributed by atoms with Crippen LogP contribution in [0.3, 0.4) is 0 Å². The molecule has 0 aromatic heterocycles.